The summed E-state index contributed by atoms with van der Waals surface area (Å²) >= 11 is 6.84. The first kappa shape index (κ1) is 12.0. The van der Waals surface area contributed by atoms with Crippen LogP contribution in [-0.4, -0.2) is 25.0 Å². The van der Waals surface area contributed by atoms with Gasteiger partial charge in [0.15, 0.2) is 0 Å². The van der Waals surface area contributed by atoms with Gasteiger partial charge in [0.2, 0.25) is 0 Å². The highest BCUT2D eigenvalue weighted by atomic mass is 35.5. The third kappa shape index (κ3) is 3.21. The second-order valence-corrected chi connectivity index (χ2v) is 4.54. The topological polar surface area (TPSA) is 55.4 Å². The third-order valence-electron chi connectivity index (χ3n) is 1.70. The molecule has 82 valence electrons. The molecule has 0 saturated heterocycles. The van der Waals surface area contributed by atoms with Crippen LogP contribution in [0.5, 0.6) is 0 Å². The average molecular weight is 248 g/mol. The number of thiophene rings is 1. The Bertz CT molecular complexity index is 377. The van der Waals surface area contributed by atoms with Crippen molar-refractivity contribution in [3.05, 3.63) is 21.3 Å². The lowest BCUT2D eigenvalue weighted by atomic mass is 10.3. The predicted octanol–water partition coefficient (Wildman–Crippen LogP) is 1.69. The first-order valence-electron chi connectivity index (χ1n) is 4.18. The number of hydrogen-bond acceptors (Lipinski definition) is 4. The van der Waals surface area contributed by atoms with E-state index in [9.17, 15) is 9.59 Å². The van der Waals surface area contributed by atoms with Crippen molar-refractivity contribution in [1.29, 1.82) is 0 Å². The molecule has 1 aromatic rings. The molecule has 15 heavy (non-hydrogen) atoms. The molecule has 0 aromatic carbocycles. The number of carbonyl (C=O) groups is 2. The van der Waals surface area contributed by atoms with Crippen LogP contribution in [-0.2, 0) is 9.53 Å². The number of amides is 1. The minimum Gasteiger partial charge on any atom is -0.467 e. The maximum absolute atomic E-state index is 11.5. The standard InChI is InChI=1S/C9H10ClNO3S/c1-5(9(13)14-2)11-8(12)6-3-4-7(10)15-6/h3-5H,1-2H3,(H,11,12). The monoisotopic (exact) mass is 247 g/mol. The summed E-state index contributed by atoms with van der Waals surface area (Å²) in [6.07, 6.45) is 0. The van der Waals surface area contributed by atoms with Crippen LogP contribution >= 0.6 is 22.9 Å². The van der Waals surface area contributed by atoms with E-state index in [0.717, 1.165) is 11.3 Å². The number of ether oxygens (including phenoxy) is 1. The Morgan fingerprint density at radius 3 is 2.67 bits per heavy atom. The van der Waals surface area contributed by atoms with Crippen molar-refractivity contribution in [2.24, 2.45) is 0 Å². The van der Waals surface area contributed by atoms with Crippen LogP contribution in [0, 0.1) is 0 Å². The lowest BCUT2D eigenvalue weighted by molar-refractivity contribution is -0.142. The maximum atomic E-state index is 11.5. The highest BCUT2D eigenvalue weighted by Crippen LogP contribution is 2.21. The van der Waals surface area contributed by atoms with Crippen molar-refractivity contribution in [3.63, 3.8) is 0 Å². The molecule has 1 unspecified atom stereocenters. The van der Waals surface area contributed by atoms with E-state index in [4.69, 9.17) is 11.6 Å². The summed E-state index contributed by atoms with van der Waals surface area (Å²) in [5.74, 6) is -0.809. The fourth-order valence-corrected chi connectivity index (χ4v) is 1.89. The van der Waals surface area contributed by atoms with Gasteiger partial charge in [-0.1, -0.05) is 11.6 Å². The molecule has 1 amide bonds. The van der Waals surface area contributed by atoms with Gasteiger partial charge in [0, 0.05) is 0 Å². The Balaban J connectivity index is 2.60. The normalized spacial score (nSPS) is 11.9. The van der Waals surface area contributed by atoms with Gasteiger partial charge in [-0.25, -0.2) is 4.79 Å². The molecular formula is C9H10ClNO3S. The number of methoxy groups -OCH3 is 1. The lowest BCUT2D eigenvalue weighted by Gasteiger charge is -2.09. The van der Waals surface area contributed by atoms with Crippen molar-refractivity contribution in [1.82, 2.24) is 5.32 Å². The fraction of sp³-hybridized carbons (Fsp3) is 0.333. The van der Waals surface area contributed by atoms with Crippen LogP contribution in [0.4, 0.5) is 0 Å². The van der Waals surface area contributed by atoms with Gasteiger partial charge in [0.05, 0.1) is 16.3 Å². The summed E-state index contributed by atoms with van der Waals surface area (Å²) in [5.41, 5.74) is 0. The van der Waals surface area contributed by atoms with E-state index >= 15 is 0 Å². The highest BCUT2D eigenvalue weighted by molar-refractivity contribution is 7.18. The summed E-state index contributed by atoms with van der Waals surface area (Å²) < 4.78 is 5.01. The number of nitrogens with one attached hydrogen (secondary N) is 1. The number of carbonyl (C=O) groups excluding carboxylic acids is 2. The maximum Gasteiger partial charge on any atom is 0.328 e. The minimum absolute atomic E-state index is 0.329. The Kier molecular flexibility index (Phi) is 4.11. The Labute approximate surface area is 96.2 Å². The third-order valence-corrected chi connectivity index (χ3v) is 2.93. The molecule has 0 aliphatic rings. The van der Waals surface area contributed by atoms with Gasteiger partial charge in [-0.15, -0.1) is 11.3 Å². The number of hydrogen-bond donors (Lipinski definition) is 1. The molecule has 0 bridgehead atoms. The van der Waals surface area contributed by atoms with Crippen LogP contribution in [0.1, 0.15) is 16.6 Å². The molecule has 4 nitrogen and oxygen atoms in total. The Hall–Kier alpha value is -1.07. The summed E-state index contributed by atoms with van der Waals surface area (Å²) in [5, 5.41) is 2.50. The molecule has 1 aromatic heterocycles. The van der Waals surface area contributed by atoms with Gasteiger partial charge in [0.25, 0.3) is 5.91 Å². The van der Waals surface area contributed by atoms with Crippen molar-refractivity contribution in [3.8, 4) is 0 Å². The molecule has 1 N–H and O–H groups in total. The van der Waals surface area contributed by atoms with Crippen molar-refractivity contribution in [2.45, 2.75) is 13.0 Å². The number of esters is 1. The van der Waals surface area contributed by atoms with E-state index in [0.29, 0.717) is 9.21 Å². The van der Waals surface area contributed by atoms with Crippen LogP contribution in [0.25, 0.3) is 0 Å². The number of rotatable bonds is 3. The molecule has 0 spiro atoms. The van der Waals surface area contributed by atoms with Crippen LogP contribution < -0.4 is 5.32 Å². The lowest BCUT2D eigenvalue weighted by Crippen LogP contribution is -2.38. The van der Waals surface area contributed by atoms with Crippen LogP contribution in [0.3, 0.4) is 0 Å². The van der Waals surface area contributed by atoms with Gasteiger partial charge in [-0.05, 0) is 19.1 Å². The molecule has 0 saturated carbocycles. The largest absolute Gasteiger partial charge is 0.467 e. The molecular weight excluding hydrogens is 238 g/mol. The molecule has 1 rings (SSSR count). The highest BCUT2D eigenvalue weighted by Gasteiger charge is 2.17. The van der Waals surface area contributed by atoms with E-state index in [2.05, 4.69) is 10.1 Å². The van der Waals surface area contributed by atoms with E-state index < -0.39 is 12.0 Å². The van der Waals surface area contributed by atoms with Gasteiger partial charge in [-0.3, -0.25) is 4.79 Å². The van der Waals surface area contributed by atoms with Gasteiger partial charge in [0.1, 0.15) is 6.04 Å². The molecule has 6 heteroatoms. The summed E-state index contributed by atoms with van der Waals surface area (Å²) in [4.78, 5) is 23.0. The Morgan fingerprint density at radius 1 is 1.53 bits per heavy atom. The zero-order valence-electron chi connectivity index (χ0n) is 8.24. The first-order chi connectivity index (χ1) is 7.04. The van der Waals surface area contributed by atoms with Crippen LogP contribution in [0.2, 0.25) is 4.34 Å². The predicted molar refractivity (Wildman–Crippen MR) is 58.3 cm³/mol. The minimum atomic E-state index is -0.664. The van der Waals surface area contributed by atoms with E-state index in [1.165, 1.54) is 7.11 Å². The smallest absolute Gasteiger partial charge is 0.328 e. The summed E-state index contributed by atoms with van der Waals surface area (Å²) in [6.45, 7) is 1.55. The van der Waals surface area contributed by atoms with Gasteiger partial charge in [-0.2, -0.15) is 0 Å². The summed E-state index contributed by atoms with van der Waals surface area (Å²) in [6, 6.07) is 2.57. The molecule has 1 atom stereocenters. The Morgan fingerprint density at radius 2 is 2.20 bits per heavy atom. The zero-order chi connectivity index (χ0) is 11.4. The van der Waals surface area contributed by atoms with E-state index in [1.54, 1.807) is 19.1 Å². The number of halogens is 1. The fourth-order valence-electron chi connectivity index (χ4n) is 0.940. The zero-order valence-corrected chi connectivity index (χ0v) is 9.82. The molecule has 0 radical (unpaired) electrons. The molecule has 0 aliphatic heterocycles. The SMILES string of the molecule is COC(=O)C(C)NC(=O)c1ccc(Cl)s1. The van der Waals surface area contributed by atoms with Gasteiger partial charge >= 0.3 is 5.97 Å². The first-order valence-corrected chi connectivity index (χ1v) is 5.38. The molecule has 0 fully saturated rings. The average Bonchev–Trinajstić information content (AvgIpc) is 2.63. The quantitative estimate of drug-likeness (QED) is 0.827. The summed E-state index contributed by atoms with van der Waals surface area (Å²) in [7, 11) is 1.27. The second kappa shape index (κ2) is 5.14. The van der Waals surface area contributed by atoms with Crippen molar-refractivity contribution in [2.75, 3.05) is 7.11 Å². The van der Waals surface area contributed by atoms with E-state index in [1.807, 2.05) is 0 Å². The van der Waals surface area contributed by atoms with Crippen molar-refractivity contribution < 1.29 is 14.3 Å². The van der Waals surface area contributed by atoms with Gasteiger partial charge < -0.3 is 10.1 Å². The van der Waals surface area contributed by atoms with Crippen molar-refractivity contribution >= 4 is 34.8 Å². The van der Waals surface area contributed by atoms with Crippen LogP contribution in [0.15, 0.2) is 12.1 Å². The molecule has 0 aliphatic carbocycles. The van der Waals surface area contributed by atoms with E-state index in [-0.39, 0.29) is 5.91 Å². The second-order valence-electron chi connectivity index (χ2n) is 2.82. The molecule has 1 heterocycles.